The molecule has 0 aliphatic rings. The van der Waals surface area contributed by atoms with Gasteiger partial charge < -0.3 is 10.0 Å². The molecule has 1 N–H and O–H groups in total. The van der Waals surface area contributed by atoms with Crippen LogP contribution in [0.5, 0.6) is 5.75 Å². The lowest BCUT2D eigenvalue weighted by atomic mass is 10.1. The van der Waals surface area contributed by atoms with Crippen LogP contribution in [0.15, 0.2) is 109 Å². The van der Waals surface area contributed by atoms with E-state index in [1.807, 2.05) is 30.3 Å². The molecule has 2 heteroatoms. The molecule has 0 unspecified atom stereocenters. The fourth-order valence-corrected chi connectivity index (χ4v) is 3.11. The minimum absolute atomic E-state index is 0.281. The molecule has 4 aromatic rings. The predicted molar refractivity (Wildman–Crippen MR) is 118 cm³/mol. The van der Waals surface area contributed by atoms with Crippen molar-refractivity contribution in [1.29, 1.82) is 0 Å². The average molecular weight is 363 g/mol. The van der Waals surface area contributed by atoms with Gasteiger partial charge in [0.1, 0.15) is 5.75 Å². The van der Waals surface area contributed by atoms with Crippen molar-refractivity contribution in [3.63, 3.8) is 0 Å². The highest BCUT2D eigenvalue weighted by molar-refractivity contribution is 5.78. The zero-order valence-corrected chi connectivity index (χ0v) is 15.4. The maximum Gasteiger partial charge on any atom is 0.115 e. The molecule has 0 atom stereocenters. The van der Waals surface area contributed by atoms with Gasteiger partial charge in [-0.2, -0.15) is 0 Å². The smallest absolute Gasteiger partial charge is 0.115 e. The van der Waals surface area contributed by atoms with E-state index in [9.17, 15) is 5.11 Å². The first-order valence-corrected chi connectivity index (χ1v) is 9.27. The molecule has 0 saturated heterocycles. The molecule has 2 nitrogen and oxygen atoms in total. The molecule has 136 valence electrons. The van der Waals surface area contributed by atoms with Gasteiger partial charge in [0.2, 0.25) is 0 Å². The van der Waals surface area contributed by atoms with Crippen LogP contribution >= 0.6 is 0 Å². The van der Waals surface area contributed by atoms with E-state index in [0.717, 1.165) is 28.2 Å². The van der Waals surface area contributed by atoms with E-state index < -0.39 is 0 Å². The SMILES string of the molecule is Oc1ccc(C=Cc2ccc(N(c3ccccc3)c3ccccc3)cc2)cc1. The second kappa shape index (κ2) is 8.28. The lowest BCUT2D eigenvalue weighted by molar-refractivity contribution is 0.475. The van der Waals surface area contributed by atoms with Gasteiger partial charge in [0.25, 0.3) is 0 Å². The Kier molecular flexibility index (Phi) is 5.21. The van der Waals surface area contributed by atoms with Crippen molar-refractivity contribution in [2.24, 2.45) is 0 Å². The Morgan fingerprint density at radius 2 is 0.857 bits per heavy atom. The van der Waals surface area contributed by atoms with Gasteiger partial charge in [0, 0.05) is 17.1 Å². The number of nitrogens with zero attached hydrogens (tertiary/aromatic N) is 1. The van der Waals surface area contributed by atoms with E-state index in [4.69, 9.17) is 0 Å². The second-order valence-corrected chi connectivity index (χ2v) is 6.52. The number of hydrogen-bond acceptors (Lipinski definition) is 2. The molecular formula is C26H21NO. The summed E-state index contributed by atoms with van der Waals surface area (Å²) < 4.78 is 0. The van der Waals surface area contributed by atoms with Gasteiger partial charge in [-0.25, -0.2) is 0 Å². The third kappa shape index (κ3) is 4.13. The Balaban J connectivity index is 1.62. The Labute approximate surface area is 165 Å². The Morgan fingerprint density at radius 3 is 1.32 bits per heavy atom. The number of phenolic OH excluding ortho intramolecular Hbond substituents is 1. The molecule has 28 heavy (non-hydrogen) atoms. The molecule has 4 aromatic carbocycles. The average Bonchev–Trinajstić information content (AvgIpc) is 2.76. The topological polar surface area (TPSA) is 23.5 Å². The van der Waals surface area contributed by atoms with Gasteiger partial charge in [-0.05, 0) is 59.7 Å². The fourth-order valence-electron chi connectivity index (χ4n) is 3.11. The van der Waals surface area contributed by atoms with Crippen molar-refractivity contribution in [3.05, 3.63) is 120 Å². The van der Waals surface area contributed by atoms with E-state index in [1.165, 1.54) is 0 Å². The van der Waals surface area contributed by atoms with E-state index in [2.05, 4.69) is 83.8 Å². The van der Waals surface area contributed by atoms with E-state index in [-0.39, 0.29) is 5.75 Å². The first kappa shape index (κ1) is 17.6. The molecule has 0 radical (unpaired) electrons. The van der Waals surface area contributed by atoms with Crippen molar-refractivity contribution in [2.75, 3.05) is 4.90 Å². The standard InChI is InChI=1S/C26H21NO/c28-26-19-15-22(16-20-26)12-11-21-13-17-25(18-14-21)27(23-7-3-1-4-8-23)24-9-5-2-6-10-24/h1-20,28H. The molecule has 0 heterocycles. The van der Waals surface area contributed by atoms with Crippen LogP contribution in [0, 0.1) is 0 Å². The molecule has 0 saturated carbocycles. The van der Waals surface area contributed by atoms with Crippen molar-refractivity contribution in [2.45, 2.75) is 0 Å². The number of benzene rings is 4. The Hall–Kier alpha value is -3.78. The number of phenols is 1. The molecule has 0 bridgehead atoms. The van der Waals surface area contributed by atoms with Crippen LogP contribution in [0.1, 0.15) is 11.1 Å². The van der Waals surface area contributed by atoms with Gasteiger partial charge in [-0.3, -0.25) is 0 Å². The van der Waals surface area contributed by atoms with E-state index in [0.29, 0.717) is 0 Å². The van der Waals surface area contributed by atoms with Crippen LogP contribution in [0.3, 0.4) is 0 Å². The number of aromatic hydroxyl groups is 1. The predicted octanol–water partition coefficient (Wildman–Crippen LogP) is 7.03. The third-order valence-electron chi connectivity index (χ3n) is 4.54. The van der Waals surface area contributed by atoms with Gasteiger partial charge in [-0.15, -0.1) is 0 Å². The number of para-hydroxylation sites is 2. The molecule has 4 rings (SSSR count). The fraction of sp³-hybridized carbons (Fsp3) is 0. The lowest BCUT2D eigenvalue weighted by Gasteiger charge is -2.25. The van der Waals surface area contributed by atoms with E-state index >= 15 is 0 Å². The summed E-state index contributed by atoms with van der Waals surface area (Å²) in [6, 6.07) is 36.4. The third-order valence-corrected chi connectivity index (χ3v) is 4.54. The summed E-state index contributed by atoms with van der Waals surface area (Å²) in [5, 5.41) is 9.38. The van der Waals surface area contributed by atoms with Crippen LogP contribution in [0.2, 0.25) is 0 Å². The number of anilines is 3. The molecule has 0 fully saturated rings. The van der Waals surface area contributed by atoms with Crippen LogP contribution in [-0.2, 0) is 0 Å². The highest BCUT2D eigenvalue weighted by Gasteiger charge is 2.11. The molecule has 0 aliphatic carbocycles. The summed E-state index contributed by atoms with van der Waals surface area (Å²) in [4.78, 5) is 2.24. The van der Waals surface area contributed by atoms with Gasteiger partial charge >= 0.3 is 0 Å². The summed E-state index contributed by atoms with van der Waals surface area (Å²) >= 11 is 0. The number of hydrogen-bond donors (Lipinski definition) is 1. The first-order chi connectivity index (χ1) is 13.8. The van der Waals surface area contributed by atoms with Crippen LogP contribution in [-0.4, -0.2) is 5.11 Å². The summed E-state index contributed by atoms with van der Waals surface area (Å²) in [5.41, 5.74) is 5.54. The monoisotopic (exact) mass is 363 g/mol. The largest absolute Gasteiger partial charge is 0.508 e. The van der Waals surface area contributed by atoms with Crippen LogP contribution in [0.4, 0.5) is 17.1 Å². The second-order valence-electron chi connectivity index (χ2n) is 6.52. The zero-order valence-electron chi connectivity index (χ0n) is 15.4. The zero-order chi connectivity index (χ0) is 19.2. The maximum atomic E-state index is 9.38. The lowest BCUT2D eigenvalue weighted by Crippen LogP contribution is -2.09. The van der Waals surface area contributed by atoms with Crippen molar-refractivity contribution in [3.8, 4) is 5.75 Å². The van der Waals surface area contributed by atoms with Gasteiger partial charge in [0.05, 0.1) is 0 Å². The normalized spacial score (nSPS) is 10.9. The molecule has 0 spiro atoms. The Bertz CT molecular complexity index is 998. The van der Waals surface area contributed by atoms with Crippen molar-refractivity contribution >= 4 is 29.2 Å². The number of rotatable bonds is 5. The molecular weight excluding hydrogens is 342 g/mol. The Morgan fingerprint density at radius 1 is 0.464 bits per heavy atom. The summed E-state index contributed by atoms with van der Waals surface area (Å²) in [6.07, 6.45) is 4.12. The maximum absolute atomic E-state index is 9.38. The van der Waals surface area contributed by atoms with Crippen LogP contribution in [0.25, 0.3) is 12.2 Å². The molecule has 0 amide bonds. The van der Waals surface area contributed by atoms with Crippen molar-refractivity contribution in [1.82, 2.24) is 0 Å². The molecule has 0 aliphatic heterocycles. The van der Waals surface area contributed by atoms with Crippen molar-refractivity contribution < 1.29 is 5.11 Å². The summed E-state index contributed by atoms with van der Waals surface area (Å²) in [5.74, 6) is 0.281. The first-order valence-electron chi connectivity index (χ1n) is 9.27. The minimum atomic E-state index is 0.281. The summed E-state index contributed by atoms with van der Waals surface area (Å²) in [7, 11) is 0. The molecule has 0 aromatic heterocycles. The quantitative estimate of drug-likeness (QED) is 0.385. The highest BCUT2D eigenvalue weighted by atomic mass is 16.3. The minimum Gasteiger partial charge on any atom is -0.508 e. The van der Waals surface area contributed by atoms with Gasteiger partial charge in [0.15, 0.2) is 0 Å². The highest BCUT2D eigenvalue weighted by Crippen LogP contribution is 2.34. The van der Waals surface area contributed by atoms with Gasteiger partial charge in [-0.1, -0.05) is 72.8 Å². The van der Waals surface area contributed by atoms with E-state index in [1.54, 1.807) is 12.1 Å². The van der Waals surface area contributed by atoms with Crippen LogP contribution < -0.4 is 4.90 Å². The summed E-state index contributed by atoms with van der Waals surface area (Å²) in [6.45, 7) is 0.